The van der Waals surface area contributed by atoms with Crippen LogP contribution in [0.3, 0.4) is 0 Å². The van der Waals surface area contributed by atoms with Crippen LogP contribution in [0.5, 0.6) is 11.5 Å². The fraction of sp³-hybridized carbons (Fsp3) is 0.533. The molecular formula is C15H18F2O4. The van der Waals surface area contributed by atoms with Gasteiger partial charge < -0.3 is 14.6 Å². The first-order chi connectivity index (χ1) is 9.88. The molecule has 1 aromatic carbocycles. The van der Waals surface area contributed by atoms with Crippen LogP contribution in [-0.4, -0.2) is 24.3 Å². The maximum atomic E-state index is 13.8. The SMILES string of the molecule is CC(F)(F)c1cc2c(cc1CCCC(=O)O)OCCCO2. The van der Waals surface area contributed by atoms with E-state index in [1.807, 2.05) is 0 Å². The summed E-state index contributed by atoms with van der Waals surface area (Å²) in [6, 6.07) is 2.87. The first kappa shape index (κ1) is 15.5. The Bertz CT molecular complexity index is 523. The molecule has 0 atom stereocenters. The third-order valence-electron chi connectivity index (χ3n) is 3.28. The summed E-state index contributed by atoms with van der Waals surface area (Å²) in [5.41, 5.74) is 0.283. The summed E-state index contributed by atoms with van der Waals surface area (Å²) in [5.74, 6) is -3.17. The molecule has 1 aromatic rings. The molecule has 0 radical (unpaired) electrons. The number of fused-ring (bicyclic) bond motifs is 1. The van der Waals surface area contributed by atoms with Crippen molar-refractivity contribution in [3.8, 4) is 11.5 Å². The highest BCUT2D eigenvalue weighted by atomic mass is 19.3. The van der Waals surface area contributed by atoms with Crippen molar-refractivity contribution in [3.05, 3.63) is 23.3 Å². The number of halogens is 2. The smallest absolute Gasteiger partial charge is 0.303 e. The number of hydrogen-bond acceptors (Lipinski definition) is 3. The Morgan fingerprint density at radius 2 is 1.90 bits per heavy atom. The standard InChI is InChI=1S/C15H18F2O4/c1-15(16,17)11-9-13-12(20-6-3-7-21-13)8-10(11)4-2-5-14(18)19/h8-9H,2-7H2,1H3,(H,18,19). The van der Waals surface area contributed by atoms with E-state index in [9.17, 15) is 13.6 Å². The van der Waals surface area contributed by atoms with Gasteiger partial charge in [-0.15, -0.1) is 0 Å². The predicted octanol–water partition coefficient (Wildman–Crippen LogP) is 3.37. The lowest BCUT2D eigenvalue weighted by molar-refractivity contribution is -0.137. The average Bonchev–Trinajstić information content (AvgIpc) is 2.60. The molecule has 0 bridgehead atoms. The third kappa shape index (κ3) is 4.06. The van der Waals surface area contributed by atoms with Crippen LogP contribution in [0.2, 0.25) is 0 Å². The summed E-state index contributed by atoms with van der Waals surface area (Å²) >= 11 is 0. The fourth-order valence-electron chi connectivity index (χ4n) is 2.30. The van der Waals surface area contributed by atoms with Gasteiger partial charge in [-0.25, -0.2) is 8.78 Å². The van der Waals surface area contributed by atoms with Crippen molar-refractivity contribution < 1.29 is 28.2 Å². The van der Waals surface area contributed by atoms with E-state index >= 15 is 0 Å². The molecule has 1 aliphatic heterocycles. The number of ether oxygens (including phenoxy) is 2. The van der Waals surface area contributed by atoms with Gasteiger partial charge >= 0.3 is 5.97 Å². The van der Waals surface area contributed by atoms with E-state index in [4.69, 9.17) is 14.6 Å². The number of rotatable bonds is 5. The highest BCUT2D eigenvalue weighted by molar-refractivity contribution is 5.66. The van der Waals surface area contributed by atoms with Gasteiger partial charge in [0.15, 0.2) is 11.5 Å². The predicted molar refractivity (Wildman–Crippen MR) is 72.2 cm³/mol. The number of alkyl halides is 2. The van der Waals surface area contributed by atoms with Crippen LogP contribution in [0.1, 0.15) is 37.3 Å². The van der Waals surface area contributed by atoms with Gasteiger partial charge in [0.25, 0.3) is 5.92 Å². The molecular weight excluding hydrogens is 282 g/mol. The van der Waals surface area contributed by atoms with Gasteiger partial charge in [0.2, 0.25) is 0 Å². The average molecular weight is 300 g/mol. The van der Waals surface area contributed by atoms with Gasteiger partial charge in [0, 0.05) is 25.3 Å². The molecule has 0 fully saturated rings. The monoisotopic (exact) mass is 300 g/mol. The van der Waals surface area contributed by atoms with Crippen molar-refractivity contribution in [3.63, 3.8) is 0 Å². The van der Waals surface area contributed by atoms with Crippen molar-refractivity contribution in [2.45, 2.75) is 38.5 Å². The Hall–Kier alpha value is -1.85. The van der Waals surface area contributed by atoms with Crippen LogP contribution in [-0.2, 0) is 17.1 Å². The van der Waals surface area contributed by atoms with Crippen molar-refractivity contribution in [1.82, 2.24) is 0 Å². The molecule has 2 rings (SSSR count). The summed E-state index contributed by atoms with van der Waals surface area (Å²) < 4.78 is 38.4. The first-order valence-electron chi connectivity index (χ1n) is 6.90. The fourth-order valence-corrected chi connectivity index (χ4v) is 2.30. The van der Waals surface area contributed by atoms with E-state index in [2.05, 4.69) is 0 Å². The number of hydrogen-bond donors (Lipinski definition) is 1. The van der Waals surface area contributed by atoms with Crippen LogP contribution >= 0.6 is 0 Å². The zero-order chi connectivity index (χ0) is 15.5. The molecule has 0 aromatic heterocycles. The van der Waals surface area contributed by atoms with Crippen LogP contribution in [0, 0.1) is 0 Å². The Labute approximate surface area is 121 Å². The second-order valence-electron chi connectivity index (χ2n) is 5.14. The maximum Gasteiger partial charge on any atom is 0.303 e. The van der Waals surface area contributed by atoms with E-state index in [1.165, 1.54) is 6.07 Å². The number of carbonyl (C=O) groups is 1. The normalized spacial score (nSPS) is 14.6. The van der Waals surface area contributed by atoms with Gasteiger partial charge in [-0.05, 0) is 30.5 Å². The van der Waals surface area contributed by atoms with Crippen LogP contribution in [0.15, 0.2) is 12.1 Å². The number of carboxylic acid groups (broad SMARTS) is 1. The Kier molecular flexibility index (Phi) is 4.65. The van der Waals surface area contributed by atoms with Gasteiger partial charge in [-0.2, -0.15) is 0 Å². The lowest BCUT2D eigenvalue weighted by Crippen LogP contribution is -2.12. The summed E-state index contributed by atoms with van der Waals surface area (Å²) in [7, 11) is 0. The molecule has 0 saturated carbocycles. The molecule has 1 heterocycles. The number of aryl methyl sites for hydroxylation is 1. The topological polar surface area (TPSA) is 55.8 Å². The second-order valence-corrected chi connectivity index (χ2v) is 5.14. The minimum Gasteiger partial charge on any atom is -0.490 e. The minimum absolute atomic E-state index is 0.0524. The molecule has 21 heavy (non-hydrogen) atoms. The third-order valence-corrected chi connectivity index (χ3v) is 3.28. The lowest BCUT2D eigenvalue weighted by atomic mass is 9.97. The molecule has 116 valence electrons. The summed E-state index contributed by atoms with van der Waals surface area (Å²) in [6.07, 6.45) is 1.21. The second kappa shape index (κ2) is 6.28. The van der Waals surface area contributed by atoms with Crippen molar-refractivity contribution in [2.24, 2.45) is 0 Å². The molecule has 0 unspecified atom stereocenters. The van der Waals surface area contributed by atoms with Gasteiger partial charge in [-0.1, -0.05) is 0 Å². The molecule has 1 aliphatic rings. The zero-order valence-electron chi connectivity index (χ0n) is 11.8. The van der Waals surface area contributed by atoms with E-state index in [-0.39, 0.29) is 18.4 Å². The Balaban J connectivity index is 2.31. The molecule has 0 saturated heterocycles. The van der Waals surface area contributed by atoms with Gasteiger partial charge in [0.1, 0.15) is 0 Å². The van der Waals surface area contributed by atoms with Crippen molar-refractivity contribution >= 4 is 5.97 Å². The first-order valence-corrected chi connectivity index (χ1v) is 6.90. The van der Waals surface area contributed by atoms with E-state index in [0.717, 1.165) is 6.92 Å². The molecule has 4 nitrogen and oxygen atoms in total. The summed E-state index contributed by atoms with van der Waals surface area (Å²) in [5, 5.41) is 8.66. The molecule has 0 amide bonds. The Morgan fingerprint density at radius 3 is 2.48 bits per heavy atom. The molecule has 0 aliphatic carbocycles. The number of carboxylic acids is 1. The van der Waals surface area contributed by atoms with Crippen LogP contribution in [0.25, 0.3) is 0 Å². The highest BCUT2D eigenvalue weighted by Crippen LogP contribution is 2.39. The van der Waals surface area contributed by atoms with E-state index in [0.29, 0.717) is 43.1 Å². The zero-order valence-corrected chi connectivity index (χ0v) is 11.8. The quantitative estimate of drug-likeness (QED) is 0.906. The maximum absolute atomic E-state index is 13.8. The van der Waals surface area contributed by atoms with E-state index < -0.39 is 11.9 Å². The highest BCUT2D eigenvalue weighted by Gasteiger charge is 2.30. The lowest BCUT2D eigenvalue weighted by Gasteiger charge is -2.19. The van der Waals surface area contributed by atoms with Crippen molar-refractivity contribution in [1.29, 1.82) is 0 Å². The van der Waals surface area contributed by atoms with Crippen molar-refractivity contribution in [2.75, 3.05) is 13.2 Å². The van der Waals surface area contributed by atoms with Gasteiger partial charge in [0.05, 0.1) is 13.2 Å². The number of aliphatic carboxylic acids is 1. The van der Waals surface area contributed by atoms with Gasteiger partial charge in [-0.3, -0.25) is 4.79 Å². The van der Waals surface area contributed by atoms with E-state index in [1.54, 1.807) is 6.07 Å². The minimum atomic E-state index is -3.01. The summed E-state index contributed by atoms with van der Waals surface area (Å²) in [6.45, 7) is 1.73. The summed E-state index contributed by atoms with van der Waals surface area (Å²) in [4.78, 5) is 10.6. The van der Waals surface area contributed by atoms with Crippen LogP contribution < -0.4 is 9.47 Å². The molecule has 0 spiro atoms. The molecule has 6 heteroatoms. The Morgan fingerprint density at radius 1 is 1.29 bits per heavy atom. The largest absolute Gasteiger partial charge is 0.490 e. The number of benzene rings is 1. The van der Waals surface area contributed by atoms with Crippen LogP contribution in [0.4, 0.5) is 8.78 Å². The molecule has 1 N–H and O–H groups in total.